The van der Waals surface area contributed by atoms with Crippen molar-refractivity contribution in [1.29, 1.82) is 0 Å². The molecule has 1 aromatic carbocycles. The zero-order valence-electron chi connectivity index (χ0n) is 11.1. The maximum Gasteiger partial charge on any atom is 0.0230 e. The van der Waals surface area contributed by atoms with Crippen LogP contribution < -0.4 is 5.73 Å². The Bertz CT molecular complexity index is 363. The first-order chi connectivity index (χ1) is 8.69. The summed E-state index contributed by atoms with van der Waals surface area (Å²) in [6, 6.07) is 8.61. The fourth-order valence-electron chi connectivity index (χ4n) is 3.03. The first-order valence-corrected chi connectivity index (χ1v) is 7.61. The summed E-state index contributed by atoms with van der Waals surface area (Å²) in [4.78, 5) is 2.43. The molecule has 0 bridgehead atoms. The lowest BCUT2D eigenvalue weighted by Gasteiger charge is -2.25. The first kappa shape index (κ1) is 14.0. The van der Waals surface area contributed by atoms with E-state index < -0.39 is 0 Å². The fourth-order valence-corrected chi connectivity index (χ4v) is 3.29. The molecule has 1 saturated carbocycles. The second-order valence-corrected chi connectivity index (χ2v) is 6.43. The van der Waals surface area contributed by atoms with Gasteiger partial charge < -0.3 is 10.6 Å². The monoisotopic (exact) mass is 310 g/mol. The maximum absolute atomic E-state index is 5.85. The topological polar surface area (TPSA) is 29.3 Å². The Hall–Kier alpha value is -0.380. The van der Waals surface area contributed by atoms with E-state index >= 15 is 0 Å². The first-order valence-electron chi connectivity index (χ1n) is 6.82. The maximum atomic E-state index is 5.85. The summed E-state index contributed by atoms with van der Waals surface area (Å²) in [6.45, 7) is 3.07. The van der Waals surface area contributed by atoms with E-state index in [4.69, 9.17) is 5.73 Å². The molecule has 3 heteroatoms. The third-order valence-electron chi connectivity index (χ3n) is 4.03. The molecule has 1 aliphatic carbocycles. The summed E-state index contributed by atoms with van der Waals surface area (Å²) in [5, 5.41) is 0. The van der Waals surface area contributed by atoms with Crippen LogP contribution in [-0.2, 0) is 6.54 Å². The number of hydrogen-bond acceptors (Lipinski definition) is 2. The number of nitrogens with two attached hydrogens (primary N) is 1. The van der Waals surface area contributed by atoms with Gasteiger partial charge in [0.25, 0.3) is 0 Å². The van der Waals surface area contributed by atoms with Crippen LogP contribution in [-0.4, -0.2) is 25.0 Å². The molecule has 2 atom stereocenters. The van der Waals surface area contributed by atoms with Crippen molar-refractivity contribution >= 4 is 15.9 Å². The molecule has 2 nitrogen and oxygen atoms in total. The van der Waals surface area contributed by atoms with Crippen LogP contribution in [0.2, 0.25) is 0 Å². The predicted octanol–water partition coefficient (Wildman–Crippen LogP) is 3.26. The Labute approximate surface area is 119 Å². The van der Waals surface area contributed by atoms with Crippen molar-refractivity contribution < 1.29 is 0 Å². The van der Waals surface area contributed by atoms with Crippen LogP contribution in [0.25, 0.3) is 0 Å². The predicted molar refractivity (Wildman–Crippen MR) is 80.4 cm³/mol. The quantitative estimate of drug-likeness (QED) is 0.904. The number of hydrogen-bond donors (Lipinski definition) is 1. The molecular weight excluding hydrogens is 288 g/mol. The van der Waals surface area contributed by atoms with Crippen LogP contribution >= 0.6 is 15.9 Å². The lowest BCUT2D eigenvalue weighted by molar-refractivity contribution is 0.237. The molecule has 0 heterocycles. The summed E-state index contributed by atoms with van der Waals surface area (Å²) in [5.74, 6) is 1.55. The van der Waals surface area contributed by atoms with Gasteiger partial charge in [-0.05, 0) is 56.0 Å². The molecule has 1 aliphatic rings. The van der Waals surface area contributed by atoms with Gasteiger partial charge >= 0.3 is 0 Å². The average Bonchev–Trinajstić information content (AvgIpc) is 2.79. The molecule has 0 aromatic heterocycles. The van der Waals surface area contributed by atoms with Crippen LogP contribution in [0.1, 0.15) is 24.8 Å². The third-order valence-corrected chi connectivity index (χ3v) is 4.56. The highest BCUT2D eigenvalue weighted by Crippen LogP contribution is 2.31. The van der Waals surface area contributed by atoms with Gasteiger partial charge in [-0.2, -0.15) is 0 Å². The van der Waals surface area contributed by atoms with Crippen molar-refractivity contribution in [3.05, 3.63) is 34.3 Å². The van der Waals surface area contributed by atoms with E-state index in [1.54, 1.807) is 0 Å². The molecule has 100 valence electrons. The molecule has 0 aliphatic heterocycles. The molecule has 18 heavy (non-hydrogen) atoms. The van der Waals surface area contributed by atoms with Crippen molar-refractivity contribution in [3.63, 3.8) is 0 Å². The van der Waals surface area contributed by atoms with Crippen molar-refractivity contribution in [2.75, 3.05) is 20.1 Å². The van der Waals surface area contributed by atoms with Gasteiger partial charge in [0, 0.05) is 17.6 Å². The lowest BCUT2D eigenvalue weighted by Crippen LogP contribution is -2.30. The van der Waals surface area contributed by atoms with E-state index in [2.05, 4.69) is 52.1 Å². The SMILES string of the molecule is CN(Cc1ccc(Br)cc1)CC1CCCC1CN. The Morgan fingerprint density at radius 3 is 2.56 bits per heavy atom. The third kappa shape index (κ3) is 3.81. The van der Waals surface area contributed by atoms with Crippen LogP contribution in [0.3, 0.4) is 0 Å². The Balaban J connectivity index is 1.84. The van der Waals surface area contributed by atoms with Crippen molar-refractivity contribution in [2.45, 2.75) is 25.8 Å². The molecule has 0 amide bonds. The van der Waals surface area contributed by atoms with Gasteiger partial charge in [0.2, 0.25) is 0 Å². The van der Waals surface area contributed by atoms with Crippen LogP contribution in [0, 0.1) is 11.8 Å². The normalized spacial score (nSPS) is 23.8. The van der Waals surface area contributed by atoms with Gasteiger partial charge in [0.05, 0.1) is 0 Å². The number of rotatable bonds is 5. The van der Waals surface area contributed by atoms with E-state index in [9.17, 15) is 0 Å². The average molecular weight is 311 g/mol. The molecule has 1 aromatic rings. The second-order valence-electron chi connectivity index (χ2n) is 5.51. The largest absolute Gasteiger partial charge is 0.330 e. The zero-order chi connectivity index (χ0) is 13.0. The highest BCUT2D eigenvalue weighted by molar-refractivity contribution is 9.10. The van der Waals surface area contributed by atoms with Crippen molar-refractivity contribution in [2.24, 2.45) is 17.6 Å². The van der Waals surface area contributed by atoms with Gasteiger partial charge in [0.15, 0.2) is 0 Å². The molecule has 0 spiro atoms. The number of nitrogens with zero attached hydrogens (tertiary/aromatic N) is 1. The fraction of sp³-hybridized carbons (Fsp3) is 0.600. The van der Waals surface area contributed by atoms with Crippen molar-refractivity contribution in [3.8, 4) is 0 Å². The molecule has 2 rings (SSSR count). The summed E-state index contributed by atoms with van der Waals surface area (Å²) in [6.07, 6.45) is 4.04. The minimum atomic E-state index is 0.748. The second kappa shape index (κ2) is 6.69. The molecule has 2 N–H and O–H groups in total. The van der Waals surface area contributed by atoms with E-state index in [-0.39, 0.29) is 0 Å². The minimum absolute atomic E-state index is 0.748. The smallest absolute Gasteiger partial charge is 0.0230 e. The molecule has 0 radical (unpaired) electrons. The van der Waals surface area contributed by atoms with Crippen LogP contribution in [0.5, 0.6) is 0 Å². The highest BCUT2D eigenvalue weighted by atomic mass is 79.9. The van der Waals surface area contributed by atoms with E-state index in [1.165, 1.54) is 31.4 Å². The molecule has 0 saturated heterocycles. The Morgan fingerprint density at radius 1 is 1.22 bits per heavy atom. The van der Waals surface area contributed by atoms with E-state index in [0.29, 0.717) is 0 Å². The number of halogens is 1. The number of benzene rings is 1. The van der Waals surface area contributed by atoms with Crippen LogP contribution in [0.4, 0.5) is 0 Å². The lowest BCUT2D eigenvalue weighted by atomic mass is 9.95. The van der Waals surface area contributed by atoms with Gasteiger partial charge in [-0.3, -0.25) is 0 Å². The summed E-state index contributed by atoms with van der Waals surface area (Å²) in [5.41, 5.74) is 7.22. The van der Waals surface area contributed by atoms with Gasteiger partial charge in [0.1, 0.15) is 0 Å². The van der Waals surface area contributed by atoms with Crippen LogP contribution in [0.15, 0.2) is 28.7 Å². The van der Waals surface area contributed by atoms with Gasteiger partial charge in [-0.15, -0.1) is 0 Å². The summed E-state index contributed by atoms with van der Waals surface area (Å²) in [7, 11) is 2.22. The van der Waals surface area contributed by atoms with Crippen molar-refractivity contribution in [1.82, 2.24) is 4.90 Å². The van der Waals surface area contributed by atoms with E-state index in [1.807, 2.05) is 0 Å². The molecule has 1 fully saturated rings. The standard InChI is InChI=1S/C15H23BrN2/c1-18(10-12-5-7-15(16)8-6-12)11-14-4-2-3-13(14)9-17/h5-8,13-14H,2-4,9-11,17H2,1H3. The molecule has 2 unspecified atom stereocenters. The zero-order valence-corrected chi connectivity index (χ0v) is 12.7. The summed E-state index contributed by atoms with van der Waals surface area (Å²) < 4.78 is 1.15. The highest BCUT2D eigenvalue weighted by Gasteiger charge is 2.26. The molecular formula is C15H23BrN2. The summed E-state index contributed by atoms with van der Waals surface area (Å²) >= 11 is 3.47. The Kier molecular flexibility index (Phi) is 5.22. The van der Waals surface area contributed by atoms with E-state index in [0.717, 1.165) is 29.4 Å². The Morgan fingerprint density at radius 2 is 1.89 bits per heavy atom. The minimum Gasteiger partial charge on any atom is -0.330 e. The van der Waals surface area contributed by atoms with Gasteiger partial charge in [-0.25, -0.2) is 0 Å². The van der Waals surface area contributed by atoms with Gasteiger partial charge in [-0.1, -0.05) is 34.5 Å².